The fraction of sp³-hybridized carbons (Fsp3) is 0.615. The normalized spacial score (nSPS) is 13.7. The lowest BCUT2D eigenvalue weighted by molar-refractivity contribution is 0.361. The molecule has 1 aromatic rings. The highest BCUT2D eigenvalue weighted by Gasteiger charge is 2.24. The quantitative estimate of drug-likeness (QED) is 0.825. The zero-order valence-corrected chi connectivity index (χ0v) is 12.7. The Morgan fingerprint density at radius 2 is 2.05 bits per heavy atom. The van der Waals surface area contributed by atoms with Gasteiger partial charge in [-0.3, -0.25) is 4.98 Å². The largest absolute Gasteiger partial charge is 0.325 e. The molecule has 1 atom stereocenters. The topological polar surface area (TPSA) is 76.3 Å². The van der Waals surface area contributed by atoms with E-state index in [0.717, 1.165) is 6.42 Å². The van der Waals surface area contributed by atoms with Crippen LogP contribution < -0.4 is 5.73 Å². The summed E-state index contributed by atoms with van der Waals surface area (Å²) in [4.78, 5) is 4.28. The molecule has 0 radical (unpaired) electrons. The third kappa shape index (κ3) is 3.99. The van der Waals surface area contributed by atoms with Crippen molar-refractivity contribution in [3.8, 4) is 0 Å². The van der Waals surface area contributed by atoms with Crippen LogP contribution in [0.3, 0.4) is 0 Å². The third-order valence-electron chi connectivity index (χ3n) is 3.21. The van der Waals surface area contributed by atoms with E-state index in [0.29, 0.717) is 31.2 Å². The van der Waals surface area contributed by atoms with Crippen molar-refractivity contribution in [2.45, 2.75) is 38.6 Å². The fourth-order valence-corrected chi connectivity index (χ4v) is 3.22. The summed E-state index contributed by atoms with van der Waals surface area (Å²) in [5.74, 6) is 0.339. The summed E-state index contributed by atoms with van der Waals surface area (Å²) in [5, 5.41) is 0. The van der Waals surface area contributed by atoms with Gasteiger partial charge in [0.1, 0.15) is 4.90 Å². The number of rotatable bonds is 7. The first kappa shape index (κ1) is 16.1. The van der Waals surface area contributed by atoms with Gasteiger partial charge < -0.3 is 5.73 Å². The molecule has 0 aliphatic heterocycles. The Hall–Kier alpha value is -0.980. The molecule has 1 aromatic heterocycles. The highest BCUT2D eigenvalue weighted by atomic mass is 32.2. The number of nitrogens with zero attached hydrogens (tertiary/aromatic N) is 2. The second-order valence-electron chi connectivity index (χ2n) is 4.66. The minimum atomic E-state index is -3.45. The van der Waals surface area contributed by atoms with E-state index >= 15 is 0 Å². The molecule has 6 heteroatoms. The molecule has 19 heavy (non-hydrogen) atoms. The van der Waals surface area contributed by atoms with Crippen LogP contribution in [0.15, 0.2) is 23.2 Å². The average Bonchev–Trinajstić information content (AvgIpc) is 2.44. The van der Waals surface area contributed by atoms with Crippen LogP contribution in [-0.2, 0) is 16.6 Å². The van der Waals surface area contributed by atoms with Crippen molar-refractivity contribution in [1.29, 1.82) is 0 Å². The van der Waals surface area contributed by atoms with Gasteiger partial charge in [-0.15, -0.1) is 0 Å². The van der Waals surface area contributed by atoms with Crippen molar-refractivity contribution in [1.82, 2.24) is 9.29 Å². The number of hydrogen-bond acceptors (Lipinski definition) is 4. The first-order valence-electron chi connectivity index (χ1n) is 6.60. The highest BCUT2D eigenvalue weighted by molar-refractivity contribution is 7.89. The van der Waals surface area contributed by atoms with Gasteiger partial charge in [0.05, 0.1) is 5.69 Å². The molecule has 0 aliphatic rings. The Morgan fingerprint density at radius 1 is 1.37 bits per heavy atom. The van der Waals surface area contributed by atoms with E-state index in [1.54, 1.807) is 12.1 Å². The number of hydrogen-bond donors (Lipinski definition) is 1. The summed E-state index contributed by atoms with van der Waals surface area (Å²) >= 11 is 0. The Kier molecular flexibility index (Phi) is 5.90. The Bertz CT molecular complexity index is 485. The van der Waals surface area contributed by atoms with Gasteiger partial charge in [-0.1, -0.05) is 27.2 Å². The van der Waals surface area contributed by atoms with Crippen LogP contribution >= 0.6 is 0 Å². The second-order valence-corrected chi connectivity index (χ2v) is 6.60. The molecule has 0 bridgehead atoms. The molecule has 1 heterocycles. The predicted molar refractivity (Wildman–Crippen MR) is 76.0 cm³/mol. The van der Waals surface area contributed by atoms with E-state index in [1.807, 2.05) is 13.8 Å². The molecule has 1 unspecified atom stereocenters. The maximum absolute atomic E-state index is 12.5. The molecule has 0 saturated heterocycles. The van der Waals surface area contributed by atoms with E-state index < -0.39 is 10.0 Å². The van der Waals surface area contributed by atoms with E-state index in [9.17, 15) is 8.42 Å². The number of sulfonamides is 1. The van der Waals surface area contributed by atoms with Crippen LogP contribution in [0.2, 0.25) is 0 Å². The maximum Gasteiger partial charge on any atom is 0.244 e. The minimum absolute atomic E-state index is 0.231. The Labute approximate surface area is 115 Å². The smallest absolute Gasteiger partial charge is 0.244 e. The number of pyridine rings is 1. The van der Waals surface area contributed by atoms with Crippen LogP contribution in [-0.4, -0.2) is 30.8 Å². The maximum atomic E-state index is 12.5. The van der Waals surface area contributed by atoms with Crippen molar-refractivity contribution in [3.63, 3.8) is 0 Å². The Balaban J connectivity index is 2.99. The van der Waals surface area contributed by atoms with Crippen molar-refractivity contribution in [3.05, 3.63) is 24.0 Å². The lowest BCUT2D eigenvalue weighted by Gasteiger charge is -2.23. The third-order valence-corrected chi connectivity index (χ3v) is 5.13. The van der Waals surface area contributed by atoms with Crippen LogP contribution in [0.1, 0.15) is 32.9 Å². The molecule has 108 valence electrons. The summed E-state index contributed by atoms with van der Waals surface area (Å²) in [6, 6.07) is 3.23. The predicted octanol–water partition coefficient (Wildman–Crippen LogP) is 1.60. The summed E-state index contributed by atoms with van der Waals surface area (Å²) in [7, 11) is -3.45. The van der Waals surface area contributed by atoms with Crippen LogP contribution in [0, 0.1) is 5.92 Å². The first-order chi connectivity index (χ1) is 8.95. The van der Waals surface area contributed by atoms with E-state index in [1.165, 1.54) is 10.5 Å². The molecule has 5 nitrogen and oxygen atoms in total. The van der Waals surface area contributed by atoms with Crippen LogP contribution in [0.25, 0.3) is 0 Å². The zero-order chi connectivity index (χ0) is 14.5. The lowest BCUT2D eigenvalue weighted by atomic mass is 10.1. The van der Waals surface area contributed by atoms with E-state index in [2.05, 4.69) is 11.9 Å². The molecule has 0 saturated carbocycles. The number of aromatic nitrogens is 1. The van der Waals surface area contributed by atoms with Gasteiger partial charge in [0, 0.05) is 25.8 Å². The minimum Gasteiger partial charge on any atom is -0.325 e. The van der Waals surface area contributed by atoms with Crippen molar-refractivity contribution < 1.29 is 8.42 Å². The van der Waals surface area contributed by atoms with E-state index in [4.69, 9.17) is 5.73 Å². The number of nitrogens with two attached hydrogens (primary N) is 1. The zero-order valence-electron chi connectivity index (χ0n) is 11.8. The average molecular weight is 285 g/mol. The fourth-order valence-electron chi connectivity index (χ4n) is 1.71. The first-order valence-corrected chi connectivity index (χ1v) is 8.04. The van der Waals surface area contributed by atoms with Crippen molar-refractivity contribution in [2.75, 3.05) is 13.1 Å². The van der Waals surface area contributed by atoms with Gasteiger partial charge in [0.25, 0.3) is 0 Å². The molecule has 1 rings (SSSR count). The van der Waals surface area contributed by atoms with Gasteiger partial charge in [-0.05, 0) is 18.1 Å². The van der Waals surface area contributed by atoms with Gasteiger partial charge in [0.2, 0.25) is 10.0 Å². The monoisotopic (exact) mass is 285 g/mol. The summed E-state index contributed by atoms with van der Waals surface area (Å²) in [6.45, 7) is 7.27. The van der Waals surface area contributed by atoms with Gasteiger partial charge in [-0.25, -0.2) is 8.42 Å². The second kappa shape index (κ2) is 6.98. The summed E-state index contributed by atoms with van der Waals surface area (Å²) in [5.41, 5.74) is 6.14. The standard InChI is InChI=1S/C13H23N3O2S/c1-4-11(3)10-16(5-2)19(17,18)13-7-6-12(8-14)15-9-13/h6-7,9,11H,4-5,8,10,14H2,1-3H3. The van der Waals surface area contributed by atoms with Crippen molar-refractivity contribution >= 4 is 10.0 Å². The Morgan fingerprint density at radius 3 is 2.47 bits per heavy atom. The molecule has 0 aromatic carbocycles. The summed E-state index contributed by atoms with van der Waals surface area (Å²) < 4.78 is 26.4. The summed E-state index contributed by atoms with van der Waals surface area (Å²) in [6.07, 6.45) is 2.34. The lowest BCUT2D eigenvalue weighted by Crippen LogP contribution is -2.34. The van der Waals surface area contributed by atoms with E-state index in [-0.39, 0.29) is 4.90 Å². The molecule has 2 N–H and O–H groups in total. The molecule has 0 aliphatic carbocycles. The van der Waals surface area contributed by atoms with Crippen LogP contribution in [0.5, 0.6) is 0 Å². The molecular formula is C13H23N3O2S. The molecular weight excluding hydrogens is 262 g/mol. The highest BCUT2D eigenvalue weighted by Crippen LogP contribution is 2.17. The molecule has 0 fully saturated rings. The van der Waals surface area contributed by atoms with Gasteiger partial charge >= 0.3 is 0 Å². The van der Waals surface area contributed by atoms with Gasteiger partial charge in [0.15, 0.2) is 0 Å². The van der Waals surface area contributed by atoms with Crippen LogP contribution in [0.4, 0.5) is 0 Å². The molecule has 0 amide bonds. The van der Waals surface area contributed by atoms with Crippen molar-refractivity contribution in [2.24, 2.45) is 11.7 Å². The SMILES string of the molecule is CCC(C)CN(CC)S(=O)(=O)c1ccc(CN)nc1. The van der Waals surface area contributed by atoms with Gasteiger partial charge in [-0.2, -0.15) is 4.31 Å². The molecule has 0 spiro atoms.